The highest BCUT2D eigenvalue weighted by Crippen LogP contribution is 2.28. The van der Waals surface area contributed by atoms with E-state index in [4.69, 9.17) is 19.3 Å². The van der Waals surface area contributed by atoms with Crippen LogP contribution in [0.3, 0.4) is 0 Å². The van der Waals surface area contributed by atoms with Gasteiger partial charge < -0.3 is 19.3 Å². The number of ether oxygens (including phenoxy) is 3. The van der Waals surface area contributed by atoms with Crippen molar-refractivity contribution in [1.29, 1.82) is 0 Å². The topological polar surface area (TPSA) is 102 Å². The number of methoxy groups -OCH3 is 2. The molecule has 0 saturated carbocycles. The molecule has 1 atom stereocenters. The molecule has 0 spiro atoms. The van der Waals surface area contributed by atoms with E-state index in [1.807, 2.05) is 78.9 Å². The zero-order valence-corrected chi connectivity index (χ0v) is 23.8. The second-order valence-electron chi connectivity index (χ2n) is 9.77. The average molecular weight is 562 g/mol. The number of hydrogen-bond donors (Lipinski definition) is 1. The lowest BCUT2D eigenvalue weighted by Crippen LogP contribution is -2.34. The second-order valence-corrected chi connectivity index (χ2v) is 9.77. The summed E-state index contributed by atoms with van der Waals surface area (Å²) in [6.07, 6.45) is 5.15. The van der Waals surface area contributed by atoms with Gasteiger partial charge in [-0.2, -0.15) is 0 Å². The lowest BCUT2D eigenvalue weighted by molar-refractivity contribution is -0.137. The highest BCUT2D eigenvalue weighted by Gasteiger charge is 2.38. The number of carbonyl (C=O) groups is 3. The maximum atomic E-state index is 12.5. The number of nitrogens with zero attached hydrogens (tertiary/aromatic N) is 1. The number of carboxylic acid groups (broad SMARTS) is 1. The smallest absolute Gasteiger partial charge is 0.417 e. The zero-order chi connectivity index (χ0) is 29.5. The predicted molar refractivity (Wildman–Crippen MR) is 156 cm³/mol. The van der Waals surface area contributed by atoms with E-state index in [9.17, 15) is 14.4 Å². The van der Waals surface area contributed by atoms with Gasteiger partial charge in [-0.1, -0.05) is 54.6 Å². The van der Waals surface area contributed by atoms with Crippen molar-refractivity contribution in [3.63, 3.8) is 0 Å². The third kappa shape index (κ3) is 10.3. The predicted octanol–water partition coefficient (Wildman–Crippen LogP) is 6.62. The molecule has 8 nitrogen and oxygen atoms in total. The number of carboxylic acids is 1. The summed E-state index contributed by atoms with van der Waals surface area (Å²) < 4.78 is 15.3. The lowest BCUT2D eigenvalue weighted by atomic mass is 10.0. The molecule has 2 amide bonds. The van der Waals surface area contributed by atoms with E-state index in [0.717, 1.165) is 55.6 Å². The van der Waals surface area contributed by atoms with E-state index in [1.165, 1.54) is 16.0 Å². The van der Waals surface area contributed by atoms with Gasteiger partial charge in [-0.05, 0) is 79.5 Å². The first-order chi connectivity index (χ1) is 19.9. The standard InChI is InChI=1S/C21H23NO4.C12H16O3/c1-25-18-13-11-16(12-14-18)7-5-6-10-20(23)22-19(15-26-21(22)24)17-8-3-2-4-9-17;1-15-11-8-6-10(7-9-11)4-2-3-5-12(13)14/h2-4,8-9,11-14,19H,5-7,10,15H2,1H3;6-9H,2-5H2,1H3,(H,13,14)/t19-;/m0./s1. The van der Waals surface area contributed by atoms with Gasteiger partial charge in [-0.25, -0.2) is 9.69 Å². The van der Waals surface area contributed by atoms with Crippen LogP contribution >= 0.6 is 0 Å². The molecule has 0 radical (unpaired) electrons. The Labute approximate surface area is 241 Å². The van der Waals surface area contributed by atoms with E-state index in [-0.39, 0.29) is 25.0 Å². The van der Waals surface area contributed by atoms with Crippen LogP contribution in [0.2, 0.25) is 0 Å². The van der Waals surface area contributed by atoms with Crippen molar-refractivity contribution in [2.24, 2.45) is 0 Å². The molecule has 1 N–H and O–H groups in total. The first-order valence-electron chi connectivity index (χ1n) is 13.9. The number of cyclic esters (lactones) is 1. The number of aliphatic carboxylic acids is 1. The normalized spacial score (nSPS) is 14.0. The van der Waals surface area contributed by atoms with Crippen molar-refractivity contribution in [1.82, 2.24) is 4.90 Å². The zero-order valence-electron chi connectivity index (χ0n) is 23.8. The van der Waals surface area contributed by atoms with Gasteiger partial charge in [-0.15, -0.1) is 0 Å². The highest BCUT2D eigenvalue weighted by molar-refractivity contribution is 5.93. The Bertz CT molecular complexity index is 1230. The summed E-state index contributed by atoms with van der Waals surface area (Å²) in [5.41, 5.74) is 3.35. The van der Waals surface area contributed by atoms with Crippen molar-refractivity contribution in [2.75, 3.05) is 20.8 Å². The van der Waals surface area contributed by atoms with Crippen molar-refractivity contribution >= 4 is 18.0 Å². The third-order valence-corrected chi connectivity index (χ3v) is 6.86. The molecule has 3 aromatic carbocycles. The lowest BCUT2D eigenvalue weighted by Gasteiger charge is -2.19. The molecule has 1 aliphatic rings. The van der Waals surface area contributed by atoms with Crippen LogP contribution in [0.25, 0.3) is 0 Å². The van der Waals surface area contributed by atoms with Crippen LogP contribution in [0.15, 0.2) is 78.9 Å². The molecule has 0 aliphatic carbocycles. The fourth-order valence-corrected chi connectivity index (χ4v) is 4.53. The van der Waals surface area contributed by atoms with Crippen LogP contribution in [0.1, 0.15) is 61.3 Å². The number of imide groups is 1. The fourth-order valence-electron chi connectivity index (χ4n) is 4.53. The molecule has 0 bridgehead atoms. The minimum atomic E-state index is -0.718. The van der Waals surface area contributed by atoms with Gasteiger partial charge in [0.25, 0.3) is 0 Å². The molecule has 3 aromatic rings. The fraction of sp³-hybridized carbons (Fsp3) is 0.364. The Balaban J connectivity index is 0.000000263. The summed E-state index contributed by atoms with van der Waals surface area (Å²) in [5, 5.41) is 8.46. The SMILES string of the molecule is COc1ccc(CCCCC(=O)N2C(=O)OC[C@H]2c2ccccc2)cc1.COc1ccc(CCCCC(=O)O)cc1. The van der Waals surface area contributed by atoms with Crippen molar-refractivity contribution in [2.45, 2.75) is 57.4 Å². The number of aryl methyl sites for hydroxylation is 2. The molecular formula is C33H39NO7. The first kappa shape index (κ1) is 31.2. The highest BCUT2D eigenvalue weighted by atomic mass is 16.6. The van der Waals surface area contributed by atoms with Crippen LogP contribution in [0, 0.1) is 0 Å². The first-order valence-corrected chi connectivity index (χ1v) is 13.9. The van der Waals surface area contributed by atoms with Crippen LogP contribution < -0.4 is 9.47 Å². The number of unbranched alkanes of at least 4 members (excludes halogenated alkanes) is 2. The van der Waals surface area contributed by atoms with Crippen LogP contribution in [-0.2, 0) is 27.2 Å². The summed E-state index contributed by atoms with van der Waals surface area (Å²) in [7, 11) is 3.29. The molecule has 0 aromatic heterocycles. The van der Waals surface area contributed by atoms with Crippen molar-refractivity contribution in [3.05, 3.63) is 95.6 Å². The quantitative estimate of drug-likeness (QED) is 0.234. The summed E-state index contributed by atoms with van der Waals surface area (Å²) in [6.45, 7) is 0.223. The van der Waals surface area contributed by atoms with Gasteiger partial charge in [-0.3, -0.25) is 9.59 Å². The molecule has 1 fully saturated rings. The molecule has 1 heterocycles. The van der Waals surface area contributed by atoms with Gasteiger partial charge in [0.05, 0.1) is 14.2 Å². The third-order valence-electron chi connectivity index (χ3n) is 6.86. The van der Waals surface area contributed by atoms with Gasteiger partial charge >= 0.3 is 12.1 Å². The summed E-state index contributed by atoms with van der Waals surface area (Å²) in [4.78, 5) is 36.1. The summed E-state index contributed by atoms with van der Waals surface area (Å²) >= 11 is 0. The van der Waals surface area contributed by atoms with Gasteiger partial charge in [0, 0.05) is 12.8 Å². The van der Waals surface area contributed by atoms with E-state index in [0.29, 0.717) is 6.42 Å². The van der Waals surface area contributed by atoms with Crippen LogP contribution in [-0.4, -0.2) is 48.8 Å². The van der Waals surface area contributed by atoms with Crippen LogP contribution in [0.5, 0.6) is 11.5 Å². The minimum Gasteiger partial charge on any atom is -0.497 e. The molecular weight excluding hydrogens is 522 g/mol. The number of benzene rings is 3. The largest absolute Gasteiger partial charge is 0.497 e. The Hall–Kier alpha value is -4.33. The number of amides is 2. The molecule has 41 heavy (non-hydrogen) atoms. The average Bonchev–Trinajstić information content (AvgIpc) is 3.40. The monoisotopic (exact) mass is 561 g/mol. The van der Waals surface area contributed by atoms with E-state index in [2.05, 4.69) is 0 Å². The number of hydrogen-bond acceptors (Lipinski definition) is 6. The maximum Gasteiger partial charge on any atom is 0.417 e. The molecule has 8 heteroatoms. The van der Waals surface area contributed by atoms with E-state index >= 15 is 0 Å². The van der Waals surface area contributed by atoms with Crippen LogP contribution in [0.4, 0.5) is 4.79 Å². The maximum absolute atomic E-state index is 12.5. The Morgan fingerprint density at radius 1 is 0.780 bits per heavy atom. The second kappa shape index (κ2) is 16.7. The number of rotatable bonds is 13. The van der Waals surface area contributed by atoms with Crippen molar-refractivity contribution < 1.29 is 33.7 Å². The number of carbonyl (C=O) groups excluding carboxylic acids is 2. The van der Waals surface area contributed by atoms with Gasteiger partial charge in [0.2, 0.25) is 5.91 Å². The Kier molecular flexibility index (Phi) is 12.7. The van der Waals surface area contributed by atoms with E-state index in [1.54, 1.807) is 14.2 Å². The Morgan fingerprint density at radius 3 is 1.78 bits per heavy atom. The summed E-state index contributed by atoms with van der Waals surface area (Å²) in [6, 6.07) is 25.0. The minimum absolute atomic E-state index is 0.170. The molecule has 4 rings (SSSR count). The Morgan fingerprint density at radius 2 is 1.29 bits per heavy atom. The molecule has 1 saturated heterocycles. The van der Waals surface area contributed by atoms with Crippen molar-refractivity contribution in [3.8, 4) is 11.5 Å². The van der Waals surface area contributed by atoms with Gasteiger partial charge in [0.1, 0.15) is 24.1 Å². The molecule has 218 valence electrons. The van der Waals surface area contributed by atoms with E-state index < -0.39 is 12.1 Å². The molecule has 0 unspecified atom stereocenters. The summed E-state index contributed by atoms with van der Waals surface area (Å²) in [5.74, 6) is 0.800. The molecule has 1 aliphatic heterocycles. The van der Waals surface area contributed by atoms with Gasteiger partial charge in [0.15, 0.2) is 0 Å².